The zero-order chi connectivity index (χ0) is 12.3. The smallest absolute Gasteiger partial charge is 0.323 e. The number of rotatable bonds is 3. The fourth-order valence-corrected chi connectivity index (χ4v) is 1.20. The van der Waals surface area contributed by atoms with Gasteiger partial charge in [-0.2, -0.15) is 0 Å². The van der Waals surface area contributed by atoms with Crippen molar-refractivity contribution in [3.05, 3.63) is 29.8 Å². The molecule has 0 atom stereocenters. The van der Waals surface area contributed by atoms with Crippen LogP contribution in [0.5, 0.6) is 0 Å². The molecule has 0 unspecified atom stereocenters. The molecule has 4 nitrogen and oxygen atoms in total. The number of carboxylic acids is 1. The van der Waals surface area contributed by atoms with Crippen molar-refractivity contribution < 1.29 is 23.5 Å². The van der Waals surface area contributed by atoms with Crippen molar-refractivity contribution in [3.8, 4) is 0 Å². The Bertz CT molecular complexity index is 434. The first-order valence-corrected chi connectivity index (χ1v) is 4.36. The number of nitrogens with zero attached hydrogens (tertiary/aromatic N) is 1. The maximum Gasteiger partial charge on any atom is 0.323 e. The third kappa shape index (κ3) is 2.75. The van der Waals surface area contributed by atoms with Gasteiger partial charge in [-0.3, -0.25) is 14.5 Å². The summed E-state index contributed by atoms with van der Waals surface area (Å²) in [5, 5.41) is 8.55. The summed E-state index contributed by atoms with van der Waals surface area (Å²) in [5.41, 5.74) is -0.253. The SMILES string of the molecule is CC(=O)N(CC(=O)O)c1ccc(F)cc1F. The molecule has 0 saturated heterocycles. The first-order valence-electron chi connectivity index (χ1n) is 4.36. The fraction of sp³-hybridized carbons (Fsp3) is 0.200. The van der Waals surface area contributed by atoms with E-state index in [4.69, 9.17) is 5.11 Å². The Hall–Kier alpha value is -1.98. The van der Waals surface area contributed by atoms with Gasteiger partial charge in [-0.25, -0.2) is 8.78 Å². The predicted molar refractivity (Wildman–Crippen MR) is 52.0 cm³/mol. The van der Waals surface area contributed by atoms with Gasteiger partial charge in [-0.15, -0.1) is 0 Å². The molecule has 0 bridgehead atoms. The minimum atomic E-state index is -1.28. The van der Waals surface area contributed by atoms with Crippen molar-refractivity contribution in [1.82, 2.24) is 0 Å². The second-order valence-corrected chi connectivity index (χ2v) is 3.09. The second kappa shape index (κ2) is 4.69. The highest BCUT2D eigenvalue weighted by molar-refractivity contribution is 5.95. The molecular weight excluding hydrogens is 220 g/mol. The number of benzene rings is 1. The maximum atomic E-state index is 13.3. The van der Waals surface area contributed by atoms with E-state index in [-0.39, 0.29) is 5.69 Å². The van der Waals surface area contributed by atoms with Crippen LogP contribution in [-0.2, 0) is 9.59 Å². The molecule has 0 spiro atoms. The molecule has 6 heteroatoms. The van der Waals surface area contributed by atoms with E-state index in [1.165, 1.54) is 0 Å². The van der Waals surface area contributed by atoms with Gasteiger partial charge in [0.15, 0.2) is 0 Å². The van der Waals surface area contributed by atoms with Crippen LogP contribution >= 0.6 is 0 Å². The fourth-order valence-electron chi connectivity index (χ4n) is 1.20. The normalized spacial score (nSPS) is 9.94. The number of carbonyl (C=O) groups is 2. The topological polar surface area (TPSA) is 57.6 Å². The summed E-state index contributed by atoms with van der Waals surface area (Å²) in [4.78, 5) is 22.3. The zero-order valence-corrected chi connectivity index (χ0v) is 8.41. The Balaban J connectivity index is 3.10. The molecule has 86 valence electrons. The molecule has 0 fully saturated rings. The van der Waals surface area contributed by atoms with Crippen LogP contribution in [-0.4, -0.2) is 23.5 Å². The van der Waals surface area contributed by atoms with Crippen molar-refractivity contribution in [2.45, 2.75) is 6.92 Å². The summed E-state index contributed by atoms with van der Waals surface area (Å²) in [6.07, 6.45) is 0. The van der Waals surface area contributed by atoms with Gasteiger partial charge in [0.25, 0.3) is 0 Å². The number of hydrogen-bond donors (Lipinski definition) is 1. The highest BCUT2D eigenvalue weighted by Crippen LogP contribution is 2.20. The van der Waals surface area contributed by atoms with Crippen molar-refractivity contribution in [1.29, 1.82) is 0 Å². The molecule has 0 aliphatic heterocycles. The van der Waals surface area contributed by atoms with E-state index in [2.05, 4.69) is 0 Å². The Morgan fingerprint density at radius 2 is 2.00 bits per heavy atom. The molecule has 1 rings (SSSR count). The van der Waals surface area contributed by atoms with Gasteiger partial charge >= 0.3 is 5.97 Å². The average molecular weight is 229 g/mol. The lowest BCUT2D eigenvalue weighted by Gasteiger charge is -2.19. The molecule has 0 radical (unpaired) electrons. The molecule has 0 aromatic heterocycles. The van der Waals surface area contributed by atoms with Gasteiger partial charge in [-0.05, 0) is 12.1 Å². The first-order chi connectivity index (χ1) is 7.41. The molecule has 16 heavy (non-hydrogen) atoms. The molecule has 0 heterocycles. The number of amides is 1. The van der Waals surface area contributed by atoms with Gasteiger partial charge in [0.2, 0.25) is 5.91 Å². The zero-order valence-electron chi connectivity index (χ0n) is 8.41. The quantitative estimate of drug-likeness (QED) is 0.852. The number of hydrogen-bond acceptors (Lipinski definition) is 2. The van der Waals surface area contributed by atoms with Crippen LogP contribution in [0.2, 0.25) is 0 Å². The number of carbonyl (C=O) groups excluding carboxylic acids is 1. The van der Waals surface area contributed by atoms with Crippen molar-refractivity contribution in [2.75, 3.05) is 11.4 Å². The average Bonchev–Trinajstić information content (AvgIpc) is 2.14. The van der Waals surface area contributed by atoms with Crippen LogP contribution in [0, 0.1) is 11.6 Å². The number of anilines is 1. The van der Waals surface area contributed by atoms with Crippen LogP contribution in [0.3, 0.4) is 0 Å². The van der Waals surface area contributed by atoms with Crippen molar-refractivity contribution in [2.24, 2.45) is 0 Å². The van der Waals surface area contributed by atoms with Gasteiger partial charge in [0.1, 0.15) is 18.2 Å². The summed E-state index contributed by atoms with van der Waals surface area (Å²) in [7, 11) is 0. The molecular formula is C10H9F2NO3. The third-order valence-corrected chi connectivity index (χ3v) is 1.87. The van der Waals surface area contributed by atoms with Gasteiger partial charge in [0, 0.05) is 13.0 Å². The monoisotopic (exact) mass is 229 g/mol. The van der Waals surface area contributed by atoms with Gasteiger partial charge in [0.05, 0.1) is 5.69 Å². The van der Waals surface area contributed by atoms with E-state index in [0.717, 1.165) is 24.0 Å². The number of aliphatic carboxylic acids is 1. The lowest BCUT2D eigenvalue weighted by atomic mass is 10.2. The molecule has 0 aliphatic carbocycles. The number of halogens is 2. The van der Waals surface area contributed by atoms with E-state index in [1.807, 2.05) is 0 Å². The largest absolute Gasteiger partial charge is 0.480 e. The minimum Gasteiger partial charge on any atom is -0.480 e. The lowest BCUT2D eigenvalue weighted by Crippen LogP contribution is -2.34. The summed E-state index contributed by atoms with van der Waals surface area (Å²) >= 11 is 0. The molecule has 0 saturated carbocycles. The van der Waals surface area contributed by atoms with Gasteiger partial charge < -0.3 is 5.11 Å². The van der Waals surface area contributed by atoms with E-state index >= 15 is 0 Å². The first kappa shape index (κ1) is 12.1. The molecule has 0 aliphatic rings. The standard InChI is InChI=1S/C10H9F2NO3/c1-6(14)13(5-10(15)16)9-3-2-7(11)4-8(9)12/h2-4H,5H2,1H3,(H,15,16). The molecule has 1 aromatic rings. The Morgan fingerprint density at radius 1 is 1.38 bits per heavy atom. The highest BCUT2D eigenvalue weighted by Gasteiger charge is 2.18. The van der Waals surface area contributed by atoms with Crippen LogP contribution < -0.4 is 4.90 Å². The summed E-state index contributed by atoms with van der Waals surface area (Å²) in [5.74, 6) is -3.68. The second-order valence-electron chi connectivity index (χ2n) is 3.09. The van der Waals surface area contributed by atoms with Crippen LogP contribution in [0.25, 0.3) is 0 Å². The van der Waals surface area contributed by atoms with Crippen LogP contribution in [0.4, 0.5) is 14.5 Å². The van der Waals surface area contributed by atoms with Gasteiger partial charge in [-0.1, -0.05) is 0 Å². The van der Waals surface area contributed by atoms with Crippen LogP contribution in [0.1, 0.15) is 6.92 Å². The van der Waals surface area contributed by atoms with E-state index in [1.54, 1.807) is 0 Å². The summed E-state index contributed by atoms with van der Waals surface area (Å²) < 4.78 is 25.9. The lowest BCUT2D eigenvalue weighted by molar-refractivity contribution is -0.136. The Morgan fingerprint density at radius 3 is 2.44 bits per heavy atom. The van der Waals surface area contributed by atoms with Crippen molar-refractivity contribution in [3.63, 3.8) is 0 Å². The third-order valence-electron chi connectivity index (χ3n) is 1.87. The molecule has 1 aromatic carbocycles. The Labute approximate surface area is 90.1 Å². The van der Waals surface area contributed by atoms with E-state index in [9.17, 15) is 18.4 Å². The van der Waals surface area contributed by atoms with E-state index < -0.39 is 30.1 Å². The predicted octanol–water partition coefficient (Wildman–Crippen LogP) is 1.40. The van der Waals surface area contributed by atoms with Crippen molar-refractivity contribution >= 4 is 17.6 Å². The highest BCUT2D eigenvalue weighted by atomic mass is 19.1. The Kier molecular flexibility index (Phi) is 3.55. The molecule has 1 N–H and O–H groups in total. The van der Waals surface area contributed by atoms with Crippen LogP contribution in [0.15, 0.2) is 18.2 Å². The van der Waals surface area contributed by atoms with E-state index in [0.29, 0.717) is 6.07 Å². The molecule has 1 amide bonds. The summed E-state index contributed by atoms with van der Waals surface area (Å²) in [6, 6.07) is 2.57. The summed E-state index contributed by atoms with van der Waals surface area (Å²) in [6.45, 7) is 0.434. The minimum absolute atomic E-state index is 0.253. The maximum absolute atomic E-state index is 13.3. The number of carboxylic acid groups (broad SMARTS) is 1.